The van der Waals surface area contributed by atoms with E-state index in [2.05, 4.69) is 9.88 Å². The summed E-state index contributed by atoms with van der Waals surface area (Å²) in [5.41, 5.74) is 0.215. The zero-order valence-electron chi connectivity index (χ0n) is 9.86. The van der Waals surface area contributed by atoms with Gasteiger partial charge in [-0.2, -0.15) is 0 Å². The average molecular weight is 236 g/mol. The molecule has 1 aromatic rings. The minimum atomic E-state index is -0.338. The zero-order valence-corrected chi connectivity index (χ0v) is 9.86. The lowest BCUT2D eigenvalue weighted by atomic mass is 9.95. The van der Waals surface area contributed by atoms with Crippen LogP contribution in [0.2, 0.25) is 0 Å². The van der Waals surface area contributed by atoms with Crippen molar-refractivity contribution in [2.24, 2.45) is 0 Å². The molecule has 2 aliphatic heterocycles. The number of aromatic nitrogens is 1. The number of ether oxygens (including phenoxy) is 1. The van der Waals surface area contributed by atoms with Crippen molar-refractivity contribution in [1.82, 2.24) is 9.88 Å². The number of halogens is 1. The van der Waals surface area contributed by atoms with Gasteiger partial charge < -0.3 is 4.74 Å². The van der Waals surface area contributed by atoms with Crippen LogP contribution in [0.3, 0.4) is 0 Å². The molecule has 0 saturated carbocycles. The third-order valence-electron chi connectivity index (χ3n) is 4.00. The molecule has 3 heterocycles. The third kappa shape index (κ3) is 2.02. The highest BCUT2D eigenvalue weighted by molar-refractivity contribution is 5.17. The lowest BCUT2D eigenvalue weighted by Gasteiger charge is -2.31. The number of hydrogen-bond acceptors (Lipinski definition) is 3. The number of rotatable bonds is 3. The Hall–Kier alpha value is -1.16. The highest BCUT2D eigenvalue weighted by Crippen LogP contribution is 2.39. The van der Waals surface area contributed by atoms with E-state index in [9.17, 15) is 4.39 Å². The fourth-order valence-corrected chi connectivity index (χ4v) is 3.15. The second kappa shape index (κ2) is 4.26. The van der Waals surface area contributed by atoms with Gasteiger partial charge in [0, 0.05) is 6.07 Å². The van der Waals surface area contributed by atoms with Crippen LogP contribution in [0.4, 0.5) is 4.39 Å². The molecule has 0 unspecified atom stereocenters. The van der Waals surface area contributed by atoms with E-state index in [-0.39, 0.29) is 11.4 Å². The van der Waals surface area contributed by atoms with Gasteiger partial charge in [0.25, 0.3) is 0 Å². The molecule has 17 heavy (non-hydrogen) atoms. The summed E-state index contributed by atoms with van der Waals surface area (Å²) >= 11 is 0. The van der Waals surface area contributed by atoms with Gasteiger partial charge in [0.2, 0.25) is 0 Å². The average Bonchev–Trinajstić information content (AvgIpc) is 2.85. The first-order chi connectivity index (χ1) is 8.28. The van der Waals surface area contributed by atoms with Crippen LogP contribution in [-0.2, 0) is 0 Å². The Balaban J connectivity index is 1.67. The van der Waals surface area contributed by atoms with Crippen LogP contribution in [0.15, 0.2) is 18.5 Å². The molecule has 2 saturated heterocycles. The first kappa shape index (κ1) is 11.0. The molecule has 3 nitrogen and oxygen atoms in total. The largest absolute Gasteiger partial charge is 0.490 e. The van der Waals surface area contributed by atoms with Gasteiger partial charge in [-0.1, -0.05) is 0 Å². The molecular formula is C13H17FN2O. The Morgan fingerprint density at radius 1 is 1.29 bits per heavy atom. The van der Waals surface area contributed by atoms with E-state index >= 15 is 0 Å². The van der Waals surface area contributed by atoms with Crippen molar-refractivity contribution in [1.29, 1.82) is 0 Å². The summed E-state index contributed by atoms with van der Waals surface area (Å²) in [5.74, 6) is 0.202. The van der Waals surface area contributed by atoms with Gasteiger partial charge >= 0.3 is 0 Å². The maximum atomic E-state index is 13.0. The summed E-state index contributed by atoms with van der Waals surface area (Å²) in [6.07, 6.45) is 7.69. The molecule has 0 aromatic carbocycles. The molecule has 4 heteroatoms. The molecule has 0 radical (unpaired) electrons. The van der Waals surface area contributed by atoms with Gasteiger partial charge in [-0.15, -0.1) is 0 Å². The first-order valence-corrected chi connectivity index (χ1v) is 6.27. The van der Waals surface area contributed by atoms with Crippen LogP contribution in [0.25, 0.3) is 0 Å². The third-order valence-corrected chi connectivity index (χ3v) is 4.00. The predicted octanol–water partition coefficient (Wildman–Crippen LogP) is 2.23. The zero-order chi connectivity index (χ0) is 11.7. The Morgan fingerprint density at radius 2 is 2.06 bits per heavy atom. The van der Waals surface area contributed by atoms with Crippen molar-refractivity contribution in [3.63, 3.8) is 0 Å². The van der Waals surface area contributed by atoms with Crippen molar-refractivity contribution in [2.75, 3.05) is 19.7 Å². The van der Waals surface area contributed by atoms with Crippen molar-refractivity contribution in [2.45, 2.75) is 31.2 Å². The highest BCUT2D eigenvalue weighted by Gasteiger charge is 2.44. The van der Waals surface area contributed by atoms with E-state index in [1.807, 2.05) is 0 Å². The maximum Gasteiger partial charge on any atom is 0.145 e. The van der Waals surface area contributed by atoms with E-state index in [1.54, 1.807) is 6.20 Å². The van der Waals surface area contributed by atoms with Crippen LogP contribution in [-0.4, -0.2) is 35.1 Å². The standard InChI is InChI=1S/C13H17FN2O/c14-11-7-12(9-15-8-11)17-10-13-3-1-5-16(13)6-2-4-13/h7-9H,1-6,10H2. The summed E-state index contributed by atoms with van der Waals surface area (Å²) in [5, 5.41) is 0. The summed E-state index contributed by atoms with van der Waals surface area (Å²) in [6.45, 7) is 3.04. The van der Waals surface area contributed by atoms with Crippen molar-refractivity contribution in [3.8, 4) is 5.75 Å². The summed E-state index contributed by atoms with van der Waals surface area (Å²) in [7, 11) is 0. The summed E-state index contributed by atoms with van der Waals surface area (Å²) < 4.78 is 18.7. The van der Waals surface area contributed by atoms with Crippen LogP contribution in [0, 0.1) is 5.82 Å². The lowest BCUT2D eigenvalue weighted by Crippen LogP contribution is -2.43. The number of fused-ring (bicyclic) bond motifs is 1. The molecule has 0 aliphatic carbocycles. The fraction of sp³-hybridized carbons (Fsp3) is 0.615. The van der Waals surface area contributed by atoms with E-state index in [1.165, 1.54) is 51.0 Å². The Kier molecular flexibility index (Phi) is 2.74. The number of hydrogen-bond donors (Lipinski definition) is 0. The quantitative estimate of drug-likeness (QED) is 0.804. The minimum absolute atomic E-state index is 0.215. The van der Waals surface area contributed by atoms with Gasteiger partial charge in [0.1, 0.15) is 18.2 Å². The van der Waals surface area contributed by atoms with Crippen molar-refractivity contribution in [3.05, 3.63) is 24.3 Å². The molecule has 0 bridgehead atoms. The van der Waals surface area contributed by atoms with Gasteiger partial charge in [-0.3, -0.25) is 9.88 Å². The van der Waals surface area contributed by atoms with Crippen molar-refractivity contribution < 1.29 is 9.13 Å². The van der Waals surface area contributed by atoms with Crippen LogP contribution >= 0.6 is 0 Å². The molecule has 0 N–H and O–H groups in total. The predicted molar refractivity (Wildman–Crippen MR) is 62.5 cm³/mol. The van der Waals surface area contributed by atoms with Gasteiger partial charge in [0.05, 0.1) is 17.9 Å². The molecule has 2 fully saturated rings. The van der Waals surface area contributed by atoms with Gasteiger partial charge in [-0.05, 0) is 38.8 Å². The van der Waals surface area contributed by atoms with Crippen LogP contribution in [0.5, 0.6) is 5.75 Å². The second-order valence-electron chi connectivity index (χ2n) is 5.05. The number of nitrogens with zero attached hydrogens (tertiary/aromatic N) is 2. The normalized spacial score (nSPS) is 22.6. The number of pyridine rings is 1. The SMILES string of the molecule is Fc1cncc(OCC23CCCN2CCC3)c1. The van der Waals surface area contributed by atoms with Crippen LogP contribution in [0.1, 0.15) is 25.7 Å². The molecule has 1 aromatic heterocycles. The van der Waals surface area contributed by atoms with Crippen LogP contribution < -0.4 is 4.74 Å². The Labute approximate surface area is 101 Å². The molecule has 0 atom stereocenters. The van der Waals surface area contributed by atoms with E-state index in [0.29, 0.717) is 12.4 Å². The van der Waals surface area contributed by atoms with Gasteiger partial charge in [-0.25, -0.2) is 4.39 Å². The fourth-order valence-electron chi connectivity index (χ4n) is 3.15. The molecule has 92 valence electrons. The summed E-state index contributed by atoms with van der Waals surface area (Å²) in [6, 6.07) is 1.40. The highest BCUT2D eigenvalue weighted by atomic mass is 19.1. The van der Waals surface area contributed by atoms with E-state index in [0.717, 1.165) is 0 Å². The minimum Gasteiger partial charge on any atom is -0.490 e. The van der Waals surface area contributed by atoms with E-state index < -0.39 is 0 Å². The maximum absolute atomic E-state index is 13.0. The Morgan fingerprint density at radius 3 is 2.76 bits per heavy atom. The monoisotopic (exact) mass is 236 g/mol. The molecule has 0 spiro atoms. The Bertz CT molecular complexity index is 400. The van der Waals surface area contributed by atoms with Gasteiger partial charge in [0.15, 0.2) is 0 Å². The van der Waals surface area contributed by atoms with Crippen molar-refractivity contribution >= 4 is 0 Å². The molecule has 3 rings (SSSR count). The smallest absolute Gasteiger partial charge is 0.145 e. The van der Waals surface area contributed by atoms with E-state index in [4.69, 9.17) is 4.74 Å². The summed E-state index contributed by atoms with van der Waals surface area (Å²) in [4.78, 5) is 6.33. The second-order valence-corrected chi connectivity index (χ2v) is 5.05. The molecular weight excluding hydrogens is 219 g/mol. The molecule has 2 aliphatic rings. The topological polar surface area (TPSA) is 25.4 Å². The lowest BCUT2D eigenvalue weighted by molar-refractivity contribution is 0.113. The first-order valence-electron chi connectivity index (χ1n) is 6.27. The molecule has 0 amide bonds.